The first-order valence-electron chi connectivity index (χ1n) is 11.4. The molecule has 4 nitrogen and oxygen atoms in total. The van der Waals surface area contributed by atoms with Crippen LogP contribution >= 0.6 is 0 Å². The molecule has 0 saturated heterocycles. The minimum Gasteiger partial charge on any atom is -0.346 e. The highest BCUT2D eigenvalue weighted by molar-refractivity contribution is 5.98. The van der Waals surface area contributed by atoms with Crippen molar-refractivity contribution >= 4 is 27.7 Å². The number of fused-ring (bicyclic) bond motifs is 2. The van der Waals surface area contributed by atoms with Crippen molar-refractivity contribution in [3.05, 3.63) is 114 Å². The average molecular weight is 434 g/mol. The Balaban J connectivity index is 1.42. The number of hydrogen-bond donors (Lipinski definition) is 0. The summed E-state index contributed by atoms with van der Waals surface area (Å²) in [4.78, 5) is 20.0. The van der Waals surface area contributed by atoms with Crippen molar-refractivity contribution in [2.45, 2.75) is 19.4 Å². The summed E-state index contributed by atoms with van der Waals surface area (Å²) >= 11 is 0. The van der Waals surface area contributed by atoms with Crippen LogP contribution in [0.25, 0.3) is 21.8 Å². The van der Waals surface area contributed by atoms with Crippen molar-refractivity contribution in [3.8, 4) is 0 Å². The molecule has 0 saturated carbocycles. The molecular weight excluding hydrogens is 406 g/mol. The highest BCUT2D eigenvalue weighted by Gasteiger charge is 2.19. The van der Waals surface area contributed by atoms with Crippen molar-refractivity contribution < 1.29 is 4.79 Å². The van der Waals surface area contributed by atoms with Crippen LogP contribution in [0.3, 0.4) is 0 Å². The van der Waals surface area contributed by atoms with E-state index in [-0.39, 0.29) is 5.91 Å². The van der Waals surface area contributed by atoms with E-state index in [4.69, 9.17) is 0 Å². The van der Waals surface area contributed by atoms with Gasteiger partial charge >= 0.3 is 0 Å². The summed E-state index contributed by atoms with van der Waals surface area (Å²) in [6.07, 6.45) is 3.63. The lowest BCUT2D eigenvalue weighted by molar-refractivity contribution is 0.0738. The zero-order valence-corrected chi connectivity index (χ0v) is 18.8. The molecule has 0 aliphatic rings. The zero-order chi connectivity index (χ0) is 22.6. The second-order valence-corrected chi connectivity index (χ2v) is 8.48. The average Bonchev–Trinajstić information content (AvgIpc) is 3.18. The summed E-state index contributed by atoms with van der Waals surface area (Å²) in [6, 6.07) is 30.7. The Morgan fingerprint density at radius 1 is 0.879 bits per heavy atom. The van der Waals surface area contributed by atoms with E-state index in [0.717, 1.165) is 29.4 Å². The number of rotatable bonds is 7. The number of para-hydroxylation sites is 1. The van der Waals surface area contributed by atoms with Crippen LogP contribution in [0.15, 0.2) is 97.2 Å². The molecule has 0 aliphatic carbocycles. The Morgan fingerprint density at radius 2 is 1.67 bits per heavy atom. The molecule has 0 bridgehead atoms. The maximum absolute atomic E-state index is 13.7. The highest BCUT2D eigenvalue weighted by atomic mass is 16.2. The fraction of sp³-hybridized carbons (Fsp3) is 0.172. The van der Waals surface area contributed by atoms with Crippen molar-refractivity contribution in [1.29, 1.82) is 0 Å². The number of pyridine rings is 1. The molecule has 1 amide bonds. The lowest BCUT2D eigenvalue weighted by atomic mass is 10.1. The minimum absolute atomic E-state index is 0.0547. The molecule has 0 fully saturated rings. The zero-order valence-electron chi connectivity index (χ0n) is 18.8. The van der Waals surface area contributed by atoms with Gasteiger partial charge in [0.15, 0.2) is 0 Å². The molecule has 0 N–H and O–H groups in total. The number of nitrogens with zero attached hydrogens (tertiary/aromatic N) is 3. The van der Waals surface area contributed by atoms with Gasteiger partial charge in [0.2, 0.25) is 0 Å². The van der Waals surface area contributed by atoms with Crippen LogP contribution in [0.1, 0.15) is 28.0 Å². The van der Waals surface area contributed by atoms with E-state index < -0.39 is 0 Å². The topological polar surface area (TPSA) is 38.1 Å². The predicted octanol–water partition coefficient (Wildman–Crippen LogP) is 6.00. The largest absolute Gasteiger partial charge is 0.346 e. The molecule has 0 spiro atoms. The number of carbonyl (C=O) groups excluding carboxylic acids is 1. The second-order valence-electron chi connectivity index (χ2n) is 8.48. The summed E-state index contributed by atoms with van der Waals surface area (Å²) in [5, 5.41) is 2.18. The van der Waals surface area contributed by atoms with Gasteiger partial charge in [-0.3, -0.25) is 9.78 Å². The molecule has 0 aliphatic heterocycles. The first kappa shape index (κ1) is 21.0. The molecule has 33 heavy (non-hydrogen) atoms. The fourth-order valence-electron chi connectivity index (χ4n) is 4.46. The number of carbonyl (C=O) groups is 1. The van der Waals surface area contributed by atoms with E-state index in [0.29, 0.717) is 18.7 Å². The van der Waals surface area contributed by atoms with Gasteiger partial charge in [0, 0.05) is 41.9 Å². The molecule has 5 aromatic rings. The molecule has 5 rings (SSSR count). The number of amides is 1. The maximum Gasteiger partial charge on any atom is 0.254 e. The van der Waals surface area contributed by atoms with Crippen LogP contribution in [0, 0.1) is 0 Å². The quantitative estimate of drug-likeness (QED) is 0.316. The van der Waals surface area contributed by atoms with Crippen LogP contribution in [-0.2, 0) is 20.0 Å². The first-order chi connectivity index (χ1) is 16.2. The third kappa shape index (κ3) is 4.51. The van der Waals surface area contributed by atoms with E-state index in [1.165, 1.54) is 16.5 Å². The Bertz CT molecular complexity index is 1400. The molecule has 0 radical (unpaired) electrons. The van der Waals surface area contributed by atoms with Gasteiger partial charge in [-0.05, 0) is 60.2 Å². The summed E-state index contributed by atoms with van der Waals surface area (Å²) in [7, 11) is 2.08. The standard InChI is InChI=1S/C29H27N3O/c1-31-26(20-24-12-5-6-14-28(24)31)21-32(18-8-11-22-9-3-2-4-10-22)29(33)25-15-16-27-23(19-25)13-7-17-30-27/h2-7,9-10,12-17,19-20H,8,11,18,21H2,1H3. The maximum atomic E-state index is 13.7. The van der Waals surface area contributed by atoms with Gasteiger partial charge in [-0.25, -0.2) is 0 Å². The summed E-state index contributed by atoms with van der Waals surface area (Å²) < 4.78 is 2.19. The normalized spacial score (nSPS) is 11.2. The third-order valence-corrected chi connectivity index (χ3v) is 6.28. The molecule has 0 atom stereocenters. The van der Waals surface area contributed by atoms with Gasteiger partial charge in [0.1, 0.15) is 0 Å². The Morgan fingerprint density at radius 3 is 2.52 bits per heavy atom. The Labute approximate surface area is 194 Å². The highest BCUT2D eigenvalue weighted by Crippen LogP contribution is 2.22. The Kier molecular flexibility index (Phi) is 5.90. The van der Waals surface area contributed by atoms with Crippen molar-refractivity contribution in [2.24, 2.45) is 7.05 Å². The van der Waals surface area contributed by atoms with Gasteiger partial charge in [-0.1, -0.05) is 54.6 Å². The van der Waals surface area contributed by atoms with E-state index in [1.807, 2.05) is 41.3 Å². The van der Waals surface area contributed by atoms with E-state index in [2.05, 4.69) is 71.2 Å². The van der Waals surface area contributed by atoms with E-state index >= 15 is 0 Å². The van der Waals surface area contributed by atoms with Crippen LogP contribution in [0.2, 0.25) is 0 Å². The van der Waals surface area contributed by atoms with Crippen molar-refractivity contribution in [3.63, 3.8) is 0 Å². The molecule has 3 aromatic carbocycles. The van der Waals surface area contributed by atoms with Gasteiger partial charge in [0.05, 0.1) is 12.1 Å². The SMILES string of the molecule is Cn1c(CN(CCCc2ccccc2)C(=O)c2ccc3ncccc3c2)cc2ccccc21. The smallest absolute Gasteiger partial charge is 0.254 e. The van der Waals surface area contributed by atoms with Crippen LogP contribution in [-0.4, -0.2) is 26.9 Å². The van der Waals surface area contributed by atoms with E-state index in [9.17, 15) is 4.79 Å². The van der Waals surface area contributed by atoms with Crippen LogP contribution in [0.5, 0.6) is 0 Å². The number of aryl methyl sites for hydroxylation is 2. The van der Waals surface area contributed by atoms with Crippen LogP contribution in [0.4, 0.5) is 0 Å². The number of hydrogen-bond acceptors (Lipinski definition) is 2. The van der Waals surface area contributed by atoms with Crippen molar-refractivity contribution in [1.82, 2.24) is 14.5 Å². The summed E-state index contributed by atoms with van der Waals surface area (Å²) in [5.74, 6) is 0.0547. The first-order valence-corrected chi connectivity index (χ1v) is 11.4. The molecule has 164 valence electrons. The fourth-order valence-corrected chi connectivity index (χ4v) is 4.46. The molecule has 2 heterocycles. The molecule has 2 aromatic heterocycles. The Hall–Kier alpha value is -3.92. The van der Waals surface area contributed by atoms with Gasteiger partial charge < -0.3 is 9.47 Å². The van der Waals surface area contributed by atoms with Gasteiger partial charge in [-0.15, -0.1) is 0 Å². The van der Waals surface area contributed by atoms with Crippen LogP contribution < -0.4 is 0 Å². The lowest BCUT2D eigenvalue weighted by Gasteiger charge is -2.23. The minimum atomic E-state index is 0.0547. The monoisotopic (exact) mass is 433 g/mol. The second kappa shape index (κ2) is 9.29. The van der Waals surface area contributed by atoms with Gasteiger partial charge in [-0.2, -0.15) is 0 Å². The predicted molar refractivity (Wildman–Crippen MR) is 134 cm³/mol. The molecule has 4 heteroatoms. The lowest BCUT2D eigenvalue weighted by Crippen LogP contribution is -2.32. The summed E-state index contributed by atoms with van der Waals surface area (Å²) in [5.41, 5.74) is 5.21. The third-order valence-electron chi connectivity index (χ3n) is 6.28. The van der Waals surface area contributed by atoms with E-state index in [1.54, 1.807) is 6.20 Å². The van der Waals surface area contributed by atoms with Gasteiger partial charge in [0.25, 0.3) is 5.91 Å². The summed E-state index contributed by atoms with van der Waals surface area (Å²) in [6.45, 7) is 1.27. The van der Waals surface area contributed by atoms with Crippen molar-refractivity contribution in [2.75, 3.05) is 6.54 Å². The number of benzene rings is 3. The molecular formula is C29H27N3O. The number of aromatic nitrogens is 2. The molecule has 0 unspecified atom stereocenters.